The van der Waals surface area contributed by atoms with Gasteiger partial charge in [0, 0.05) is 6.08 Å². The van der Waals surface area contributed by atoms with Crippen LogP contribution in [0.4, 0.5) is 10.1 Å². The van der Waals surface area contributed by atoms with Crippen molar-refractivity contribution in [2.45, 2.75) is 4.90 Å². The number of nitrogens with zero attached hydrogens (tertiary/aromatic N) is 1. The summed E-state index contributed by atoms with van der Waals surface area (Å²) in [5.41, 5.74) is 0.591. The van der Waals surface area contributed by atoms with E-state index in [0.717, 1.165) is 6.08 Å². The Hall–Kier alpha value is -3.16. The SMILES string of the molecule is COc1ccc(N(C(=O)/C=C/c2ccc(F)cc2)S(=O)(=O)c2ccccc2)cc1Cl. The molecule has 3 aromatic carbocycles. The molecule has 0 bridgehead atoms. The zero-order valence-electron chi connectivity index (χ0n) is 15.8. The number of carbonyl (C=O) groups excluding carboxylic acids is 1. The molecular formula is C22H17ClFNO4S. The molecule has 1 amide bonds. The minimum Gasteiger partial charge on any atom is -0.495 e. The lowest BCUT2D eigenvalue weighted by atomic mass is 10.2. The van der Waals surface area contributed by atoms with Crippen molar-refractivity contribution < 1.29 is 22.3 Å². The van der Waals surface area contributed by atoms with Crippen LogP contribution in [0.25, 0.3) is 6.08 Å². The van der Waals surface area contributed by atoms with E-state index in [-0.39, 0.29) is 15.6 Å². The number of methoxy groups -OCH3 is 1. The average Bonchev–Trinajstić information content (AvgIpc) is 2.74. The lowest BCUT2D eigenvalue weighted by Gasteiger charge is -2.22. The van der Waals surface area contributed by atoms with E-state index in [1.165, 1.54) is 67.8 Å². The number of hydrogen-bond acceptors (Lipinski definition) is 4. The summed E-state index contributed by atoms with van der Waals surface area (Å²) in [4.78, 5) is 12.9. The summed E-state index contributed by atoms with van der Waals surface area (Å²) < 4.78 is 45.3. The molecule has 8 heteroatoms. The van der Waals surface area contributed by atoms with E-state index in [1.807, 2.05) is 0 Å². The lowest BCUT2D eigenvalue weighted by Crippen LogP contribution is -2.35. The van der Waals surface area contributed by atoms with Crippen LogP contribution in [0.2, 0.25) is 5.02 Å². The number of carbonyl (C=O) groups is 1. The van der Waals surface area contributed by atoms with Gasteiger partial charge in [0.05, 0.1) is 22.7 Å². The van der Waals surface area contributed by atoms with Gasteiger partial charge in [-0.2, -0.15) is 4.31 Å². The predicted molar refractivity (Wildman–Crippen MR) is 115 cm³/mol. The van der Waals surface area contributed by atoms with Gasteiger partial charge in [-0.05, 0) is 54.1 Å². The van der Waals surface area contributed by atoms with E-state index in [9.17, 15) is 17.6 Å². The Morgan fingerprint density at radius 1 is 1.03 bits per heavy atom. The minimum atomic E-state index is -4.23. The molecule has 0 unspecified atom stereocenters. The Morgan fingerprint density at radius 3 is 2.30 bits per heavy atom. The highest BCUT2D eigenvalue weighted by atomic mass is 35.5. The first kappa shape index (κ1) is 21.5. The second kappa shape index (κ2) is 9.11. The van der Waals surface area contributed by atoms with Gasteiger partial charge < -0.3 is 4.74 Å². The molecule has 0 saturated carbocycles. The molecule has 3 aromatic rings. The third kappa shape index (κ3) is 4.69. The number of anilines is 1. The zero-order valence-corrected chi connectivity index (χ0v) is 17.4. The summed E-state index contributed by atoms with van der Waals surface area (Å²) in [7, 11) is -2.80. The molecule has 0 fully saturated rings. The fourth-order valence-corrected chi connectivity index (χ4v) is 4.33. The highest BCUT2D eigenvalue weighted by Crippen LogP contribution is 2.32. The van der Waals surface area contributed by atoms with Gasteiger partial charge >= 0.3 is 0 Å². The molecule has 0 heterocycles. The maximum absolute atomic E-state index is 13.2. The quantitative estimate of drug-likeness (QED) is 0.505. The molecule has 0 radical (unpaired) electrons. The standard InChI is InChI=1S/C22H17ClFNO4S/c1-29-21-13-12-18(15-20(21)23)25(30(27,28)19-5-3-2-4-6-19)22(26)14-9-16-7-10-17(24)11-8-16/h2-15H,1H3/b14-9+. The monoisotopic (exact) mass is 445 g/mol. The Kier molecular flexibility index (Phi) is 6.54. The van der Waals surface area contributed by atoms with Gasteiger partial charge in [0.2, 0.25) is 0 Å². The van der Waals surface area contributed by atoms with Gasteiger partial charge in [-0.1, -0.05) is 41.9 Å². The molecule has 0 saturated heterocycles. The van der Waals surface area contributed by atoms with Crippen LogP contribution >= 0.6 is 11.6 Å². The van der Waals surface area contributed by atoms with Gasteiger partial charge in [0.1, 0.15) is 11.6 Å². The maximum atomic E-state index is 13.2. The van der Waals surface area contributed by atoms with E-state index >= 15 is 0 Å². The third-order valence-electron chi connectivity index (χ3n) is 4.14. The zero-order chi connectivity index (χ0) is 21.7. The summed E-state index contributed by atoms with van der Waals surface area (Å²) in [6.07, 6.45) is 2.51. The largest absolute Gasteiger partial charge is 0.495 e. The molecule has 0 spiro atoms. The van der Waals surface area contributed by atoms with Crippen LogP contribution in [0.5, 0.6) is 5.75 Å². The van der Waals surface area contributed by atoms with Crippen LogP contribution in [-0.2, 0) is 14.8 Å². The minimum absolute atomic E-state index is 0.0541. The Labute approximate surface area is 179 Å². The number of halogens is 2. The van der Waals surface area contributed by atoms with Crippen molar-refractivity contribution in [3.05, 3.63) is 95.3 Å². The van der Waals surface area contributed by atoms with Gasteiger partial charge in [-0.3, -0.25) is 4.79 Å². The Balaban J connectivity index is 2.06. The van der Waals surface area contributed by atoms with Crippen LogP contribution in [0.3, 0.4) is 0 Å². The molecule has 0 atom stereocenters. The molecule has 30 heavy (non-hydrogen) atoms. The normalized spacial score (nSPS) is 11.4. The fraction of sp³-hybridized carbons (Fsp3) is 0.0455. The number of ether oxygens (including phenoxy) is 1. The number of benzene rings is 3. The van der Waals surface area contributed by atoms with Gasteiger partial charge in [0.25, 0.3) is 15.9 Å². The second-order valence-corrected chi connectivity index (χ2v) is 8.32. The summed E-state index contributed by atoms with van der Waals surface area (Å²) in [6.45, 7) is 0. The first-order chi connectivity index (χ1) is 14.3. The summed E-state index contributed by atoms with van der Waals surface area (Å²) in [5, 5.41) is 0.151. The van der Waals surface area contributed by atoms with Gasteiger partial charge in [-0.25, -0.2) is 12.8 Å². The summed E-state index contributed by atoms with van der Waals surface area (Å²) in [5.74, 6) is -0.893. The van der Waals surface area contributed by atoms with E-state index in [1.54, 1.807) is 18.2 Å². The van der Waals surface area contributed by atoms with Crippen molar-refractivity contribution in [1.82, 2.24) is 0 Å². The first-order valence-electron chi connectivity index (χ1n) is 8.74. The Bertz CT molecular complexity index is 1180. The molecule has 3 rings (SSSR count). The number of rotatable bonds is 6. The van der Waals surface area contributed by atoms with Crippen molar-refractivity contribution in [3.63, 3.8) is 0 Å². The highest BCUT2D eigenvalue weighted by Gasteiger charge is 2.30. The lowest BCUT2D eigenvalue weighted by molar-refractivity contribution is -0.113. The van der Waals surface area contributed by atoms with Gasteiger partial charge in [-0.15, -0.1) is 0 Å². The topological polar surface area (TPSA) is 63.7 Å². The van der Waals surface area contributed by atoms with Crippen molar-refractivity contribution in [2.24, 2.45) is 0 Å². The number of hydrogen-bond donors (Lipinski definition) is 0. The van der Waals surface area contributed by atoms with Crippen LogP contribution in [0, 0.1) is 5.82 Å². The molecule has 0 aromatic heterocycles. The second-order valence-electron chi connectivity index (χ2n) is 6.12. The summed E-state index contributed by atoms with van der Waals surface area (Å²) in [6, 6.07) is 17.2. The molecule has 0 aliphatic carbocycles. The third-order valence-corrected chi connectivity index (χ3v) is 6.17. The molecule has 0 aliphatic rings. The molecule has 5 nitrogen and oxygen atoms in total. The predicted octanol–water partition coefficient (Wildman–Crippen LogP) is 4.92. The van der Waals surface area contributed by atoms with Crippen LogP contribution < -0.4 is 9.04 Å². The van der Waals surface area contributed by atoms with Crippen LogP contribution in [0.1, 0.15) is 5.56 Å². The van der Waals surface area contributed by atoms with E-state index < -0.39 is 21.7 Å². The molecule has 0 aliphatic heterocycles. The van der Waals surface area contributed by atoms with E-state index in [0.29, 0.717) is 15.6 Å². The summed E-state index contributed by atoms with van der Waals surface area (Å²) >= 11 is 6.15. The fourth-order valence-electron chi connectivity index (χ4n) is 2.67. The van der Waals surface area contributed by atoms with E-state index in [4.69, 9.17) is 16.3 Å². The van der Waals surface area contributed by atoms with Crippen molar-refractivity contribution in [2.75, 3.05) is 11.4 Å². The maximum Gasteiger partial charge on any atom is 0.271 e. The number of amides is 1. The smallest absolute Gasteiger partial charge is 0.271 e. The van der Waals surface area contributed by atoms with Crippen LogP contribution in [-0.4, -0.2) is 21.4 Å². The number of sulfonamides is 1. The molecule has 154 valence electrons. The van der Waals surface area contributed by atoms with E-state index in [2.05, 4.69) is 0 Å². The average molecular weight is 446 g/mol. The Morgan fingerprint density at radius 2 is 1.70 bits per heavy atom. The van der Waals surface area contributed by atoms with Crippen molar-refractivity contribution in [1.29, 1.82) is 0 Å². The highest BCUT2D eigenvalue weighted by molar-refractivity contribution is 7.93. The molecule has 0 N–H and O–H groups in total. The van der Waals surface area contributed by atoms with Gasteiger partial charge in [0.15, 0.2) is 0 Å². The first-order valence-corrected chi connectivity index (χ1v) is 10.6. The molecular weight excluding hydrogens is 429 g/mol. The van der Waals surface area contributed by atoms with Crippen molar-refractivity contribution >= 4 is 39.3 Å². The van der Waals surface area contributed by atoms with Crippen LogP contribution in [0.15, 0.2) is 83.8 Å². The van der Waals surface area contributed by atoms with Crippen molar-refractivity contribution in [3.8, 4) is 5.75 Å².